The molecule has 2 heterocycles. The van der Waals surface area contributed by atoms with Crippen LogP contribution in [0.25, 0.3) is 0 Å². The van der Waals surface area contributed by atoms with Gasteiger partial charge in [0.2, 0.25) is 5.60 Å². The van der Waals surface area contributed by atoms with Crippen LogP contribution in [-0.2, 0) is 25.2 Å². The summed E-state index contributed by atoms with van der Waals surface area (Å²) < 4.78 is 49.0. The van der Waals surface area contributed by atoms with Crippen molar-refractivity contribution in [1.29, 1.82) is 0 Å². The summed E-state index contributed by atoms with van der Waals surface area (Å²) in [5, 5.41) is 20.1. The SMILES string of the molecule is CC(C)(C)OC(=O)C(O)C1(CO)OCCN(c2cccc(C(F)(F)F)n2)C1=O. The number of aliphatic hydroxyl groups is 2. The second-order valence-electron chi connectivity index (χ2n) is 7.17. The van der Waals surface area contributed by atoms with E-state index in [1.807, 2.05) is 0 Å². The number of anilines is 1. The van der Waals surface area contributed by atoms with Gasteiger partial charge in [-0.2, -0.15) is 13.2 Å². The molecule has 0 bridgehead atoms. The van der Waals surface area contributed by atoms with E-state index >= 15 is 0 Å². The molecule has 1 saturated heterocycles. The van der Waals surface area contributed by atoms with Crippen molar-refractivity contribution in [3.05, 3.63) is 23.9 Å². The molecule has 0 aliphatic carbocycles. The van der Waals surface area contributed by atoms with Gasteiger partial charge in [0, 0.05) is 0 Å². The lowest BCUT2D eigenvalue weighted by Crippen LogP contribution is -2.67. The molecule has 0 radical (unpaired) electrons. The number of aliphatic hydroxyl groups excluding tert-OH is 2. The van der Waals surface area contributed by atoms with E-state index < -0.39 is 47.7 Å². The number of halogens is 3. The van der Waals surface area contributed by atoms with Gasteiger partial charge in [0.1, 0.15) is 17.1 Å². The molecule has 1 amide bonds. The molecule has 156 valence electrons. The molecule has 2 unspecified atom stereocenters. The van der Waals surface area contributed by atoms with E-state index in [-0.39, 0.29) is 19.0 Å². The zero-order valence-electron chi connectivity index (χ0n) is 15.5. The van der Waals surface area contributed by atoms with Gasteiger partial charge in [-0.1, -0.05) is 6.07 Å². The molecule has 0 saturated carbocycles. The summed E-state index contributed by atoms with van der Waals surface area (Å²) in [5.74, 6) is -2.67. The van der Waals surface area contributed by atoms with Gasteiger partial charge in [0.15, 0.2) is 6.10 Å². The number of pyridine rings is 1. The minimum atomic E-state index is -4.73. The van der Waals surface area contributed by atoms with Crippen LogP contribution in [0.1, 0.15) is 26.5 Å². The molecule has 2 N–H and O–H groups in total. The smallest absolute Gasteiger partial charge is 0.433 e. The zero-order chi connectivity index (χ0) is 21.3. The van der Waals surface area contributed by atoms with Gasteiger partial charge >= 0.3 is 12.1 Å². The van der Waals surface area contributed by atoms with Crippen LogP contribution >= 0.6 is 0 Å². The quantitative estimate of drug-likeness (QED) is 0.715. The molecule has 28 heavy (non-hydrogen) atoms. The predicted octanol–water partition coefficient (Wildman–Crippen LogP) is 0.897. The number of carbonyl (C=O) groups excluding carboxylic acids is 2. The molecule has 2 atom stereocenters. The second-order valence-corrected chi connectivity index (χ2v) is 7.17. The average molecular weight is 406 g/mol. The number of amides is 1. The minimum Gasteiger partial charge on any atom is -0.458 e. The molecular weight excluding hydrogens is 385 g/mol. The van der Waals surface area contributed by atoms with Gasteiger partial charge < -0.3 is 19.7 Å². The van der Waals surface area contributed by atoms with Gasteiger partial charge in [0.25, 0.3) is 5.91 Å². The molecule has 8 nitrogen and oxygen atoms in total. The van der Waals surface area contributed by atoms with E-state index in [4.69, 9.17) is 9.47 Å². The fourth-order valence-electron chi connectivity index (χ4n) is 2.60. The summed E-state index contributed by atoms with van der Waals surface area (Å²) in [7, 11) is 0. The van der Waals surface area contributed by atoms with Crippen molar-refractivity contribution in [3.8, 4) is 0 Å². The number of nitrogens with zero attached hydrogens (tertiary/aromatic N) is 2. The Morgan fingerprint density at radius 3 is 2.57 bits per heavy atom. The first-order valence-electron chi connectivity index (χ1n) is 8.34. The summed E-state index contributed by atoms with van der Waals surface area (Å²) in [6.45, 7) is 3.06. The molecular formula is C17H21F3N2O6. The number of carbonyl (C=O) groups is 2. The molecule has 0 aromatic carbocycles. The second kappa shape index (κ2) is 7.64. The van der Waals surface area contributed by atoms with Crippen molar-refractivity contribution >= 4 is 17.7 Å². The van der Waals surface area contributed by atoms with E-state index in [1.54, 1.807) is 0 Å². The number of hydrogen-bond acceptors (Lipinski definition) is 7. The minimum absolute atomic E-state index is 0.185. The van der Waals surface area contributed by atoms with Gasteiger partial charge in [-0.05, 0) is 32.9 Å². The Kier molecular flexibility index (Phi) is 6.02. The number of aromatic nitrogens is 1. The normalized spacial score (nSPS) is 22.1. The first-order valence-corrected chi connectivity index (χ1v) is 8.34. The monoisotopic (exact) mass is 406 g/mol. The largest absolute Gasteiger partial charge is 0.458 e. The third-order valence-electron chi connectivity index (χ3n) is 3.89. The number of hydrogen-bond donors (Lipinski definition) is 2. The molecule has 1 aliphatic rings. The summed E-state index contributed by atoms with van der Waals surface area (Å²) in [6.07, 6.45) is -6.92. The van der Waals surface area contributed by atoms with Crippen molar-refractivity contribution < 1.29 is 42.4 Å². The topological polar surface area (TPSA) is 109 Å². The molecule has 1 fully saturated rings. The third-order valence-corrected chi connectivity index (χ3v) is 3.89. The first-order chi connectivity index (χ1) is 12.8. The Morgan fingerprint density at radius 1 is 1.39 bits per heavy atom. The van der Waals surface area contributed by atoms with Crippen molar-refractivity contribution in [3.63, 3.8) is 0 Å². The highest BCUT2D eigenvalue weighted by Crippen LogP contribution is 2.32. The van der Waals surface area contributed by atoms with Crippen molar-refractivity contribution in [2.24, 2.45) is 0 Å². The number of rotatable bonds is 4. The molecule has 1 aromatic rings. The van der Waals surface area contributed by atoms with E-state index in [2.05, 4.69) is 4.98 Å². The van der Waals surface area contributed by atoms with Crippen LogP contribution < -0.4 is 4.90 Å². The standard InChI is InChI=1S/C17H21F3N2O6/c1-15(2,3)28-13(25)12(24)16(9-23)14(26)22(7-8-27-16)11-6-4-5-10(21-11)17(18,19)20/h4-6,12,23-24H,7-9H2,1-3H3. The number of morpholine rings is 1. The van der Waals surface area contributed by atoms with Gasteiger partial charge in [-0.15, -0.1) is 0 Å². The first kappa shape index (κ1) is 22.1. The predicted molar refractivity (Wildman–Crippen MR) is 89.2 cm³/mol. The van der Waals surface area contributed by atoms with Crippen LogP contribution in [0.2, 0.25) is 0 Å². The fraction of sp³-hybridized carbons (Fsp3) is 0.588. The van der Waals surface area contributed by atoms with Crippen LogP contribution in [0.4, 0.5) is 19.0 Å². The van der Waals surface area contributed by atoms with Gasteiger partial charge in [-0.25, -0.2) is 9.78 Å². The van der Waals surface area contributed by atoms with Crippen molar-refractivity contribution in [2.75, 3.05) is 24.7 Å². The van der Waals surface area contributed by atoms with Crippen LogP contribution in [-0.4, -0.2) is 64.1 Å². The molecule has 1 aliphatic heterocycles. The van der Waals surface area contributed by atoms with Crippen molar-refractivity contribution in [2.45, 2.75) is 44.3 Å². The Balaban J connectivity index is 2.37. The van der Waals surface area contributed by atoms with E-state index in [0.717, 1.165) is 17.0 Å². The highest BCUT2D eigenvalue weighted by atomic mass is 19.4. The van der Waals surface area contributed by atoms with E-state index in [1.165, 1.54) is 26.8 Å². The Morgan fingerprint density at radius 2 is 2.04 bits per heavy atom. The van der Waals surface area contributed by atoms with Crippen molar-refractivity contribution in [1.82, 2.24) is 4.98 Å². The molecule has 11 heteroatoms. The Hall–Kier alpha value is -2.24. The van der Waals surface area contributed by atoms with Crippen LogP contribution in [0.15, 0.2) is 18.2 Å². The summed E-state index contributed by atoms with van der Waals surface area (Å²) in [6, 6.07) is 2.97. The summed E-state index contributed by atoms with van der Waals surface area (Å²) in [5.41, 5.74) is -4.63. The summed E-state index contributed by atoms with van der Waals surface area (Å²) >= 11 is 0. The Bertz CT molecular complexity index is 749. The maximum atomic E-state index is 12.9. The number of esters is 1. The summed E-state index contributed by atoms with van der Waals surface area (Å²) in [4.78, 5) is 29.3. The molecule has 0 spiro atoms. The van der Waals surface area contributed by atoms with Gasteiger partial charge in [0.05, 0.1) is 19.8 Å². The Labute approximate surface area is 158 Å². The number of alkyl halides is 3. The van der Waals surface area contributed by atoms with E-state index in [9.17, 15) is 33.0 Å². The zero-order valence-corrected chi connectivity index (χ0v) is 15.5. The average Bonchev–Trinajstić information content (AvgIpc) is 2.59. The lowest BCUT2D eigenvalue weighted by molar-refractivity contribution is -0.200. The lowest BCUT2D eigenvalue weighted by atomic mass is 9.93. The maximum Gasteiger partial charge on any atom is 0.433 e. The molecule has 2 rings (SSSR count). The van der Waals surface area contributed by atoms with Crippen LogP contribution in [0, 0.1) is 0 Å². The maximum absolute atomic E-state index is 12.9. The third kappa shape index (κ3) is 4.42. The van der Waals surface area contributed by atoms with E-state index in [0.29, 0.717) is 0 Å². The highest BCUT2D eigenvalue weighted by molar-refractivity contribution is 6.03. The highest BCUT2D eigenvalue weighted by Gasteiger charge is 2.55. The molecule has 1 aromatic heterocycles. The lowest BCUT2D eigenvalue weighted by Gasteiger charge is -2.42. The van der Waals surface area contributed by atoms with Crippen LogP contribution in [0.3, 0.4) is 0 Å². The fourth-order valence-corrected chi connectivity index (χ4v) is 2.60. The number of ether oxygens (including phenoxy) is 2. The van der Waals surface area contributed by atoms with Crippen LogP contribution in [0.5, 0.6) is 0 Å². The van der Waals surface area contributed by atoms with Gasteiger partial charge in [-0.3, -0.25) is 9.69 Å².